The Bertz CT molecular complexity index is 1150. The quantitative estimate of drug-likeness (QED) is 0.320. The van der Waals surface area contributed by atoms with Crippen LogP contribution in [0.5, 0.6) is 17.2 Å². The fourth-order valence-electron chi connectivity index (χ4n) is 2.98. The average Bonchev–Trinajstić information content (AvgIpc) is 2.72. The molecule has 0 amide bonds. The van der Waals surface area contributed by atoms with E-state index < -0.39 is 65.3 Å². The predicted octanol–water partition coefficient (Wildman–Crippen LogP) is 3.82. The molecule has 0 heterocycles. The highest BCUT2D eigenvalue weighted by atomic mass is 32.3. The lowest BCUT2D eigenvalue weighted by atomic mass is 10.1. The van der Waals surface area contributed by atoms with E-state index in [0.717, 1.165) is 37.8 Å². The summed E-state index contributed by atoms with van der Waals surface area (Å²) in [6.45, 7) is 1.51. The van der Waals surface area contributed by atoms with Crippen molar-refractivity contribution in [2.75, 3.05) is 6.54 Å². The van der Waals surface area contributed by atoms with Crippen molar-refractivity contribution in [3.05, 3.63) is 42.0 Å². The van der Waals surface area contributed by atoms with Crippen molar-refractivity contribution in [1.29, 1.82) is 0 Å². The van der Waals surface area contributed by atoms with Crippen LogP contribution in [0.25, 0.3) is 0 Å². The number of phenolic OH excluding ortho intramolecular Hbond substituents is 3. The summed E-state index contributed by atoms with van der Waals surface area (Å²) >= 11 is 0. The molecule has 8 nitrogen and oxygen atoms in total. The summed E-state index contributed by atoms with van der Waals surface area (Å²) in [5.41, 5.74) is 0. The van der Waals surface area contributed by atoms with Gasteiger partial charge in [-0.15, -0.1) is 0 Å². The summed E-state index contributed by atoms with van der Waals surface area (Å²) in [5.74, 6) is -5.93. The Morgan fingerprint density at radius 1 is 0.750 bits per heavy atom. The summed E-state index contributed by atoms with van der Waals surface area (Å²) in [7, 11) is -9.79. The van der Waals surface area contributed by atoms with Crippen molar-refractivity contribution in [1.82, 2.24) is 3.71 Å². The van der Waals surface area contributed by atoms with E-state index in [1.807, 2.05) is 6.92 Å². The van der Waals surface area contributed by atoms with E-state index in [1.54, 1.807) is 0 Å². The topological polar surface area (TPSA) is 132 Å². The number of rotatable bonds is 11. The van der Waals surface area contributed by atoms with Gasteiger partial charge in [0.05, 0.1) is 9.79 Å². The molecular weight excluding hydrogens is 468 g/mol. The molecule has 32 heavy (non-hydrogen) atoms. The largest absolute Gasteiger partial charge is 0.504 e. The first-order chi connectivity index (χ1) is 14.9. The summed E-state index contributed by atoms with van der Waals surface area (Å²) in [5, 5.41) is 28.3. The lowest BCUT2D eigenvalue weighted by Gasteiger charge is -2.22. The average molecular weight is 494 g/mol. The molecule has 0 unspecified atom stereocenters. The number of hydrogen-bond acceptors (Lipinski definition) is 7. The molecule has 0 atom stereocenters. The molecule has 0 fully saturated rings. The van der Waals surface area contributed by atoms with E-state index >= 15 is 0 Å². The molecule has 0 radical (unpaired) electrons. The molecule has 0 spiro atoms. The fourth-order valence-corrected chi connectivity index (χ4v) is 6.75. The predicted molar refractivity (Wildman–Crippen MR) is 112 cm³/mol. The number of aromatic hydroxyl groups is 3. The number of unbranched alkanes of at least 4 members (excludes halogenated alkanes) is 5. The number of hydrogen-bond donors (Lipinski definition) is 3. The molecule has 2 rings (SSSR count). The molecule has 2 aromatic carbocycles. The van der Waals surface area contributed by atoms with Gasteiger partial charge in [-0.3, -0.25) is 0 Å². The van der Waals surface area contributed by atoms with E-state index in [-0.39, 0.29) is 10.1 Å². The van der Waals surface area contributed by atoms with Crippen LogP contribution in [0.2, 0.25) is 0 Å². The lowest BCUT2D eigenvalue weighted by Crippen LogP contribution is -2.37. The van der Waals surface area contributed by atoms with Crippen LogP contribution < -0.4 is 0 Å². The van der Waals surface area contributed by atoms with Gasteiger partial charge in [-0.05, 0) is 30.7 Å². The molecule has 178 valence electrons. The van der Waals surface area contributed by atoms with Gasteiger partial charge in [-0.1, -0.05) is 42.7 Å². The molecule has 12 heteroatoms. The Labute approximate surface area is 185 Å². The Morgan fingerprint density at radius 2 is 1.28 bits per heavy atom. The number of sulfonamides is 2. The van der Waals surface area contributed by atoms with E-state index in [2.05, 4.69) is 0 Å². The molecule has 0 aliphatic heterocycles. The molecule has 0 aliphatic carbocycles. The second-order valence-electron chi connectivity index (χ2n) is 7.16. The van der Waals surface area contributed by atoms with Crippen molar-refractivity contribution in [2.24, 2.45) is 0 Å². The Kier molecular flexibility index (Phi) is 8.43. The van der Waals surface area contributed by atoms with Gasteiger partial charge in [0.25, 0.3) is 20.0 Å². The fraction of sp³-hybridized carbons (Fsp3) is 0.400. The van der Waals surface area contributed by atoms with Crippen molar-refractivity contribution in [2.45, 2.75) is 55.2 Å². The maximum absolute atomic E-state index is 13.8. The second kappa shape index (κ2) is 10.5. The zero-order valence-corrected chi connectivity index (χ0v) is 19.0. The third-order valence-electron chi connectivity index (χ3n) is 4.76. The minimum atomic E-state index is -4.98. The first-order valence-electron chi connectivity index (χ1n) is 9.90. The monoisotopic (exact) mass is 493 g/mol. The van der Waals surface area contributed by atoms with Gasteiger partial charge < -0.3 is 15.3 Å². The Hall–Kier alpha value is -2.44. The molecule has 0 saturated heterocycles. The number of benzene rings is 2. The molecule has 2 aromatic rings. The van der Waals surface area contributed by atoms with E-state index in [1.165, 1.54) is 0 Å². The van der Waals surface area contributed by atoms with Gasteiger partial charge in [-0.2, -0.15) is 0 Å². The van der Waals surface area contributed by atoms with Gasteiger partial charge in [0.1, 0.15) is 0 Å². The third-order valence-corrected chi connectivity index (χ3v) is 9.06. The van der Waals surface area contributed by atoms with Gasteiger partial charge in [0.15, 0.2) is 28.9 Å². The van der Waals surface area contributed by atoms with Crippen molar-refractivity contribution >= 4 is 20.0 Å². The highest BCUT2D eigenvalue weighted by Crippen LogP contribution is 2.32. The van der Waals surface area contributed by atoms with E-state index in [0.29, 0.717) is 24.6 Å². The van der Waals surface area contributed by atoms with Crippen LogP contribution in [0.3, 0.4) is 0 Å². The van der Waals surface area contributed by atoms with Crippen LogP contribution in [0.4, 0.5) is 8.78 Å². The van der Waals surface area contributed by atoms with E-state index in [4.69, 9.17) is 0 Å². The second-order valence-corrected chi connectivity index (χ2v) is 11.1. The van der Waals surface area contributed by atoms with Crippen LogP contribution in [0.1, 0.15) is 45.4 Å². The standard InChI is InChI=1S/C20H25F2NO7S2/c1-2-3-4-5-6-7-10-23(31(27,28)14-8-9-18(24)19(25)13-14)32(29,30)15-11-16(21)20(26)17(22)12-15/h8-9,11-13,24-26H,2-7,10H2,1H3. The van der Waals surface area contributed by atoms with Crippen molar-refractivity contribution < 1.29 is 40.9 Å². The van der Waals surface area contributed by atoms with Crippen LogP contribution in [-0.4, -0.2) is 42.4 Å². The molecule has 0 bridgehead atoms. The Balaban J connectivity index is 2.49. The molecular formula is C20H25F2NO7S2. The molecule has 3 N–H and O–H groups in total. The van der Waals surface area contributed by atoms with Crippen molar-refractivity contribution in [3.63, 3.8) is 0 Å². The van der Waals surface area contributed by atoms with Crippen LogP contribution in [0.15, 0.2) is 40.1 Å². The summed E-state index contributed by atoms with van der Waals surface area (Å²) in [4.78, 5) is -1.63. The smallest absolute Gasteiger partial charge is 0.256 e. The number of phenols is 3. The third kappa shape index (κ3) is 5.67. The van der Waals surface area contributed by atoms with Gasteiger partial charge in [0, 0.05) is 12.6 Å². The zero-order chi connectivity index (χ0) is 24.1. The highest BCUT2D eigenvalue weighted by molar-refractivity contribution is 8.04. The number of nitrogens with zero attached hydrogens (tertiary/aromatic N) is 1. The Morgan fingerprint density at radius 3 is 1.84 bits per heavy atom. The first kappa shape index (κ1) is 25.8. The van der Waals surface area contributed by atoms with Crippen LogP contribution in [-0.2, 0) is 20.0 Å². The zero-order valence-electron chi connectivity index (χ0n) is 17.3. The highest BCUT2D eigenvalue weighted by Gasteiger charge is 2.37. The van der Waals surface area contributed by atoms with Crippen LogP contribution in [0, 0.1) is 11.6 Å². The summed E-state index contributed by atoms with van der Waals surface area (Å²) in [6, 6.07) is 3.09. The summed E-state index contributed by atoms with van der Waals surface area (Å²) in [6.07, 6.45) is 4.24. The maximum atomic E-state index is 13.8. The lowest BCUT2D eigenvalue weighted by molar-refractivity contribution is 0.393. The van der Waals surface area contributed by atoms with Gasteiger partial charge in [-0.25, -0.2) is 25.6 Å². The van der Waals surface area contributed by atoms with Crippen molar-refractivity contribution in [3.8, 4) is 17.2 Å². The minimum absolute atomic E-state index is 0.108. The first-order valence-corrected chi connectivity index (χ1v) is 12.8. The van der Waals surface area contributed by atoms with Gasteiger partial charge in [0.2, 0.25) is 0 Å². The molecule has 0 saturated carbocycles. The molecule has 0 aliphatic rings. The SMILES string of the molecule is CCCCCCCCN(S(=O)(=O)c1ccc(O)c(O)c1)S(=O)(=O)c1cc(F)c(O)c(F)c1. The minimum Gasteiger partial charge on any atom is -0.504 e. The maximum Gasteiger partial charge on any atom is 0.256 e. The van der Waals surface area contributed by atoms with Crippen LogP contribution >= 0.6 is 0 Å². The molecule has 0 aromatic heterocycles. The summed E-state index contributed by atoms with van der Waals surface area (Å²) < 4.78 is 80.2. The normalized spacial score (nSPS) is 12.4. The number of halogens is 2. The van der Waals surface area contributed by atoms with Gasteiger partial charge >= 0.3 is 0 Å². The van der Waals surface area contributed by atoms with E-state index in [9.17, 15) is 40.9 Å².